The van der Waals surface area contributed by atoms with E-state index in [1.165, 1.54) is 31.2 Å². The smallest absolute Gasteiger partial charge is 0.475 e. The van der Waals surface area contributed by atoms with E-state index in [0.717, 1.165) is 10.8 Å². The number of aryl methyl sites for hydroxylation is 1. The standard InChI is InChI=1S/C10H8O.C9H15NS.C8H14N2O11/c11-10-7-3-5-8-4-1-2-6-9(8)10;1-10(2)7-3-5-9-6-4-8-11-9;1-6(18-5-11)20-8(12)4-17-2-7(21-10(15)16)3-19-9(13)14/h1-7,11H;4,6,8H,3,5,7H2,1-2H3;5-7H,2-4H2,1H3,(H,13,14)(H,15,16)/q;;+2/t;;6?,7-/m..0/s1. The molecular weight excluding hydrogens is 590 g/mol. The van der Waals surface area contributed by atoms with E-state index in [-0.39, 0.29) is 6.47 Å². The molecule has 43 heavy (non-hydrogen) atoms. The van der Waals surface area contributed by atoms with Crippen molar-refractivity contribution in [3.8, 4) is 5.75 Å². The maximum Gasteiger partial charge on any atom is 0.475 e. The number of esters is 1. The van der Waals surface area contributed by atoms with Gasteiger partial charge in [0.25, 0.3) is 6.47 Å². The molecule has 0 aliphatic rings. The SMILES string of the molecule is CC(OC=O)OC(=O)COC[C@@H](CO[N+](=O)O)O[N+](=O)O.CN(C)CCCc1cccs1.Oc1cccc2ccccc12. The van der Waals surface area contributed by atoms with Crippen LogP contribution in [0.3, 0.4) is 0 Å². The summed E-state index contributed by atoms with van der Waals surface area (Å²) in [6.45, 7) is 0.851. The van der Waals surface area contributed by atoms with Crippen molar-refractivity contribution in [2.24, 2.45) is 0 Å². The number of benzene rings is 2. The molecule has 0 saturated heterocycles. The van der Waals surface area contributed by atoms with Gasteiger partial charge in [0.15, 0.2) is 0 Å². The molecule has 0 aliphatic carbocycles. The van der Waals surface area contributed by atoms with Crippen LogP contribution in [0.25, 0.3) is 10.8 Å². The molecule has 0 spiro atoms. The third-order valence-corrected chi connectivity index (χ3v) is 5.99. The summed E-state index contributed by atoms with van der Waals surface area (Å²) < 4.78 is 13.6. The lowest BCUT2D eigenvalue weighted by molar-refractivity contribution is -0.995. The highest BCUT2D eigenvalue weighted by atomic mass is 32.1. The summed E-state index contributed by atoms with van der Waals surface area (Å²) in [6.07, 6.45) is 0.100. The summed E-state index contributed by atoms with van der Waals surface area (Å²) in [6, 6.07) is 17.6. The summed E-state index contributed by atoms with van der Waals surface area (Å²) >= 11 is 1.86. The number of phenols is 1. The van der Waals surface area contributed by atoms with Crippen LogP contribution in [0.4, 0.5) is 0 Å². The Bertz CT molecular complexity index is 1240. The van der Waals surface area contributed by atoms with Crippen molar-refractivity contribution in [1.29, 1.82) is 0 Å². The van der Waals surface area contributed by atoms with Crippen molar-refractivity contribution in [2.75, 3.05) is 40.5 Å². The van der Waals surface area contributed by atoms with Gasteiger partial charge in [-0.25, -0.2) is 15.2 Å². The molecule has 2 aromatic carbocycles. The highest BCUT2D eigenvalue weighted by Crippen LogP contribution is 2.23. The molecular formula is C27H37N3O12S+2. The second-order valence-corrected chi connectivity index (χ2v) is 9.82. The number of rotatable bonds is 16. The number of carbonyl (C=O) groups excluding carboxylic acids is 2. The first-order valence-corrected chi connectivity index (χ1v) is 13.7. The minimum absolute atomic E-state index is 0.0909. The fraction of sp³-hybridized carbons (Fsp3) is 0.407. The Hall–Kier alpha value is -4.54. The number of thiophene rings is 1. The predicted molar refractivity (Wildman–Crippen MR) is 152 cm³/mol. The van der Waals surface area contributed by atoms with Crippen molar-refractivity contribution in [3.63, 3.8) is 0 Å². The zero-order valence-electron chi connectivity index (χ0n) is 24.0. The monoisotopic (exact) mass is 627 g/mol. The third-order valence-electron chi connectivity index (χ3n) is 5.05. The fourth-order valence-electron chi connectivity index (χ4n) is 3.21. The summed E-state index contributed by atoms with van der Waals surface area (Å²) in [5.41, 5.74) is 0. The van der Waals surface area contributed by atoms with Gasteiger partial charge in [0.1, 0.15) is 22.2 Å². The molecule has 1 aromatic heterocycles. The first-order chi connectivity index (χ1) is 20.5. The van der Waals surface area contributed by atoms with Crippen LogP contribution in [0.5, 0.6) is 5.75 Å². The number of carbonyl (C=O) groups is 2. The van der Waals surface area contributed by atoms with Crippen molar-refractivity contribution in [3.05, 3.63) is 74.7 Å². The molecule has 3 aromatic rings. The van der Waals surface area contributed by atoms with Crippen LogP contribution in [0, 0.1) is 9.81 Å². The Morgan fingerprint density at radius 3 is 2.35 bits per heavy atom. The molecule has 3 N–H and O–H groups in total. The number of phenolic OH excluding ortho intramolecular Hbond substituents is 1. The molecule has 0 saturated carbocycles. The number of fused-ring (bicyclic) bond motifs is 1. The molecule has 0 bridgehead atoms. The lowest BCUT2D eigenvalue weighted by Gasteiger charge is -2.11. The lowest BCUT2D eigenvalue weighted by Crippen LogP contribution is -2.31. The molecule has 2 atom stereocenters. The van der Waals surface area contributed by atoms with Gasteiger partial charge in [-0.15, -0.1) is 11.3 Å². The first-order valence-electron chi connectivity index (χ1n) is 12.8. The second-order valence-electron chi connectivity index (χ2n) is 8.79. The van der Waals surface area contributed by atoms with Gasteiger partial charge in [-0.1, -0.05) is 42.5 Å². The normalized spacial score (nSPS) is 11.5. The second kappa shape index (κ2) is 21.2. The van der Waals surface area contributed by atoms with Gasteiger partial charge in [0.2, 0.25) is 19.0 Å². The van der Waals surface area contributed by atoms with Crippen LogP contribution >= 0.6 is 11.3 Å². The molecule has 15 nitrogen and oxygen atoms in total. The maximum atomic E-state index is 11.2. The van der Waals surface area contributed by atoms with Gasteiger partial charge in [0, 0.05) is 17.2 Å². The predicted octanol–water partition coefficient (Wildman–Crippen LogP) is 3.42. The Morgan fingerprint density at radius 2 is 1.74 bits per heavy atom. The van der Waals surface area contributed by atoms with E-state index >= 15 is 0 Å². The summed E-state index contributed by atoms with van der Waals surface area (Å²) in [7, 11) is 4.24. The van der Waals surface area contributed by atoms with E-state index in [1.807, 2.05) is 47.7 Å². The van der Waals surface area contributed by atoms with Crippen molar-refractivity contribution in [1.82, 2.24) is 4.90 Å². The van der Waals surface area contributed by atoms with Gasteiger partial charge in [-0.05, 0) is 56.4 Å². The third kappa shape index (κ3) is 17.8. The molecule has 16 heteroatoms. The van der Waals surface area contributed by atoms with Crippen LogP contribution in [0.2, 0.25) is 0 Å². The number of hydrogen-bond donors (Lipinski definition) is 3. The molecule has 1 heterocycles. The minimum Gasteiger partial charge on any atom is -0.507 e. The largest absolute Gasteiger partial charge is 0.507 e. The van der Waals surface area contributed by atoms with Crippen LogP contribution in [0.1, 0.15) is 18.2 Å². The lowest BCUT2D eigenvalue weighted by atomic mass is 10.1. The quantitative estimate of drug-likeness (QED) is 0.0909. The Morgan fingerprint density at radius 1 is 1.02 bits per heavy atom. The summed E-state index contributed by atoms with van der Waals surface area (Å²) in [4.78, 5) is 53.4. The zero-order valence-corrected chi connectivity index (χ0v) is 24.8. The number of nitrogens with zero attached hydrogens (tertiary/aromatic N) is 3. The van der Waals surface area contributed by atoms with Crippen LogP contribution in [0.15, 0.2) is 60.0 Å². The number of ether oxygens (including phenoxy) is 3. The average Bonchev–Trinajstić information content (AvgIpc) is 3.46. The first kappa shape index (κ1) is 36.5. The topological polar surface area (TPSA) is 184 Å². The van der Waals surface area contributed by atoms with Crippen LogP contribution < -0.4 is 0 Å². The fourth-order valence-corrected chi connectivity index (χ4v) is 3.97. The van der Waals surface area contributed by atoms with Crippen molar-refractivity contribution in [2.45, 2.75) is 32.2 Å². The Balaban J connectivity index is 0.000000350. The number of hydrogen-bond acceptors (Lipinski definition) is 12. The molecule has 0 fully saturated rings. The molecule has 1 unspecified atom stereocenters. The number of aromatic hydroxyl groups is 1. The van der Waals surface area contributed by atoms with Crippen molar-refractivity contribution < 1.29 is 59.2 Å². The van der Waals surface area contributed by atoms with E-state index in [0.29, 0.717) is 5.75 Å². The van der Waals surface area contributed by atoms with Crippen LogP contribution in [-0.2, 0) is 39.9 Å². The van der Waals surface area contributed by atoms with E-state index < -0.39 is 48.4 Å². The molecule has 3 rings (SSSR count). The summed E-state index contributed by atoms with van der Waals surface area (Å²) in [5, 5.41) is 28.2. The van der Waals surface area contributed by atoms with Gasteiger partial charge >= 0.3 is 16.1 Å². The Labute approximate surface area is 251 Å². The maximum absolute atomic E-state index is 11.2. The minimum atomic E-state index is -1.30. The van der Waals surface area contributed by atoms with Gasteiger partial charge in [-0.3, -0.25) is 4.79 Å². The van der Waals surface area contributed by atoms with Crippen molar-refractivity contribution >= 4 is 34.6 Å². The van der Waals surface area contributed by atoms with E-state index in [2.05, 4.69) is 55.7 Å². The van der Waals surface area contributed by atoms with Gasteiger partial charge in [-0.2, -0.15) is 9.68 Å². The van der Waals surface area contributed by atoms with E-state index in [4.69, 9.17) is 15.2 Å². The van der Waals surface area contributed by atoms with Gasteiger partial charge in [0.05, 0.1) is 6.61 Å². The van der Waals surface area contributed by atoms with E-state index in [9.17, 15) is 24.5 Å². The Kier molecular flexibility index (Phi) is 18.0. The van der Waals surface area contributed by atoms with Gasteiger partial charge < -0.3 is 24.2 Å². The average molecular weight is 628 g/mol. The van der Waals surface area contributed by atoms with E-state index in [1.54, 1.807) is 6.07 Å². The highest BCUT2D eigenvalue weighted by Gasteiger charge is 2.26. The molecule has 0 amide bonds. The molecule has 0 aliphatic heterocycles. The zero-order chi connectivity index (χ0) is 32.0. The molecule has 236 valence electrons. The summed E-state index contributed by atoms with van der Waals surface area (Å²) in [5.74, 6) is -0.539. The molecule has 0 radical (unpaired) electrons. The highest BCUT2D eigenvalue weighted by molar-refractivity contribution is 7.09. The van der Waals surface area contributed by atoms with Crippen LogP contribution in [-0.4, -0.2) is 95.9 Å².